The molecule has 1 N–H and O–H groups in total. The van der Waals surface area contributed by atoms with Crippen LogP contribution in [-0.4, -0.2) is 30.8 Å². The van der Waals surface area contributed by atoms with Crippen molar-refractivity contribution < 1.29 is 14.3 Å². The van der Waals surface area contributed by atoms with Gasteiger partial charge in [0, 0.05) is 17.1 Å². The molecule has 7 nitrogen and oxygen atoms in total. The molecule has 10 heteroatoms. The van der Waals surface area contributed by atoms with Gasteiger partial charge in [0.25, 0.3) is 0 Å². The van der Waals surface area contributed by atoms with E-state index in [9.17, 15) is 4.79 Å². The van der Waals surface area contributed by atoms with Gasteiger partial charge in [0.2, 0.25) is 5.89 Å². The first kappa shape index (κ1) is 19.7. The number of halogens is 1. The molecule has 0 fully saturated rings. The number of thioether (sulfide) groups is 1. The summed E-state index contributed by atoms with van der Waals surface area (Å²) in [5.41, 5.74) is 0.891. The molecule has 148 valence electrons. The molecule has 1 aromatic carbocycles. The maximum absolute atomic E-state index is 11.0. The molecule has 3 heterocycles. The van der Waals surface area contributed by atoms with Crippen LogP contribution in [0.1, 0.15) is 12.3 Å². The zero-order valence-corrected chi connectivity index (χ0v) is 17.4. The quantitative estimate of drug-likeness (QED) is 0.377. The van der Waals surface area contributed by atoms with E-state index in [4.69, 9.17) is 21.1 Å². The predicted octanol–water partition coefficient (Wildman–Crippen LogP) is 5.08. The van der Waals surface area contributed by atoms with Crippen molar-refractivity contribution in [3.63, 3.8) is 0 Å². The van der Waals surface area contributed by atoms with E-state index in [0.717, 1.165) is 10.4 Å². The number of carboxylic acid groups (broad SMARTS) is 1. The van der Waals surface area contributed by atoms with Gasteiger partial charge in [-0.05, 0) is 35.7 Å². The highest BCUT2D eigenvalue weighted by molar-refractivity contribution is 7.98. The molecule has 0 saturated heterocycles. The standard InChI is InChI=1S/C19H15ClN4O3S2/c20-13-5-3-12(4-6-13)14-10-21-16(27-14)11-29-19-23-22-18(15-2-1-9-28-15)24(19)8-7-17(25)26/h1-6,9-10H,7-8,11H2,(H,25,26). The number of carboxylic acids is 1. The van der Waals surface area contributed by atoms with E-state index in [1.54, 1.807) is 18.3 Å². The molecule has 0 bridgehead atoms. The predicted molar refractivity (Wildman–Crippen MR) is 112 cm³/mol. The maximum atomic E-state index is 11.0. The van der Waals surface area contributed by atoms with E-state index < -0.39 is 5.97 Å². The summed E-state index contributed by atoms with van der Waals surface area (Å²) < 4.78 is 7.65. The molecule has 3 aromatic heterocycles. The maximum Gasteiger partial charge on any atom is 0.305 e. The third kappa shape index (κ3) is 4.69. The lowest BCUT2D eigenvalue weighted by Gasteiger charge is -2.07. The highest BCUT2D eigenvalue weighted by Gasteiger charge is 2.17. The van der Waals surface area contributed by atoms with Crippen LogP contribution in [0, 0.1) is 0 Å². The minimum absolute atomic E-state index is 0.0102. The van der Waals surface area contributed by atoms with Gasteiger partial charge in [0.1, 0.15) is 0 Å². The number of nitrogens with zero attached hydrogens (tertiary/aromatic N) is 4. The van der Waals surface area contributed by atoms with Gasteiger partial charge in [-0.15, -0.1) is 21.5 Å². The van der Waals surface area contributed by atoms with Gasteiger partial charge in [0.05, 0.1) is 23.2 Å². The topological polar surface area (TPSA) is 94.0 Å². The molecule has 29 heavy (non-hydrogen) atoms. The summed E-state index contributed by atoms with van der Waals surface area (Å²) in [7, 11) is 0. The van der Waals surface area contributed by atoms with Crippen LogP contribution in [0.3, 0.4) is 0 Å². The molecule has 0 unspecified atom stereocenters. The molecule has 0 aliphatic heterocycles. The van der Waals surface area contributed by atoms with Gasteiger partial charge in [-0.3, -0.25) is 4.79 Å². The summed E-state index contributed by atoms with van der Waals surface area (Å²) in [5, 5.41) is 20.8. The van der Waals surface area contributed by atoms with Gasteiger partial charge >= 0.3 is 5.97 Å². The first-order valence-corrected chi connectivity index (χ1v) is 10.9. The Bertz CT molecular complexity index is 1110. The normalized spacial score (nSPS) is 11.1. The zero-order chi connectivity index (χ0) is 20.2. The number of hydrogen-bond donors (Lipinski definition) is 1. The van der Waals surface area contributed by atoms with Gasteiger partial charge in [0.15, 0.2) is 16.7 Å². The Labute approximate surface area is 179 Å². The first-order chi connectivity index (χ1) is 14.1. The van der Waals surface area contributed by atoms with Crippen molar-refractivity contribution in [2.24, 2.45) is 0 Å². The van der Waals surface area contributed by atoms with E-state index in [2.05, 4.69) is 15.2 Å². The Morgan fingerprint density at radius 3 is 2.79 bits per heavy atom. The SMILES string of the molecule is O=C(O)CCn1c(SCc2ncc(-c3ccc(Cl)cc3)o2)nnc1-c1cccs1. The Morgan fingerprint density at radius 2 is 2.07 bits per heavy atom. The summed E-state index contributed by atoms with van der Waals surface area (Å²) in [4.78, 5) is 16.3. The Kier molecular flexibility index (Phi) is 5.98. The van der Waals surface area contributed by atoms with Crippen molar-refractivity contribution >= 4 is 40.7 Å². The number of carbonyl (C=O) groups is 1. The molecule has 0 aliphatic carbocycles. The minimum atomic E-state index is -0.868. The van der Waals surface area contributed by atoms with Crippen LogP contribution in [0.4, 0.5) is 0 Å². The van der Waals surface area contributed by atoms with E-state index >= 15 is 0 Å². The van der Waals surface area contributed by atoms with Crippen LogP contribution in [0.2, 0.25) is 5.02 Å². The molecule has 4 aromatic rings. The lowest BCUT2D eigenvalue weighted by atomic mass is 10.2. The number of rotatable bonds is 8. The molecule has 0 amide bonds. The third-order valence-corrected chi connectivity index (χ3v) is 6.08. The van der Waals surface area contributed by atoms with Crippen LogP contribution < -0.4 is 0 Å². The lowest BCUT2D eigenvalue weighted by molar-refractivity contribution is -0.137. The molecular formula is C19H15ClN4O3S2. The molecular weight excluding hydrogens is 432 g/mol. The molecule has 0 spiro atoms. The third-order valence-electron chi connectivity index (χ3n) is 4.01. The van der Waals surface area contributed by atoms with Gasteiger partial charge in [-0.25, -0.2) is 4.98 Å². The fourth-order valence-electron chi connectivity index (χ4n) is 2.64. The summed E-state index contributed by atoms with van der Waals surface area (Å²) in [6.45, 7) is 0.291. The van der Waals surface area contributed by atoms with Crippen molar-refractivity contribution in [2.45, 2.75) is 23.9 Å². The molecule has 0 radical (unpaired) electrons. The molecule has 4 rings (SSSR count). The second-order valence-corrected chi connectivity index (χ2v) is 8.32. The number of oxazole rings is 1. The average molecular weight is 447 g/mol. The summed E-state index contributed by atoms with van der Waals surface area (Å²) >= 11 is 8.86. The Morgan fingerprint density at radius 1 is 1.24 bits per heavy atom. The van der Waals surface area contributed by atoms with E-state index in [1.165, 1.54) is 23.1 Å². The second kappa shape index (κ2) is 8.81. The van der Waals surface area contributed by atoms with E-state index in [1.807, 2.05) is 34.2 Å². The monoisotopic (exact) mass is 446 g/mol. The molecule has 0 atom stereocenters. The van der Waals surface area contributed by atoms with Crippen molar-refractivity contribution in [1.82, 2.24) is 19.7 Å². The number of hydrogen-bond acceptors (Lipinski definition) is 7. The van der Waals surface area contributed by atoms with Crippen LogP contribution in [0.25, 0.3) is 22.0 Å². The highest BCUT2D eigenvalue weighted by Crippen LogP contribution is 2.30. The smallest absolute Gasteiger partial charge is 0.305 e. The fourth-order valence-corrected chi connectivity index (χ4v) is 4.30. The Balaban J connectivity index is 1.51. The Hall–Kier alpha value is -2.62. The number of benzene rings is 1. The highest BCUT2D eigenvalue weighted by atomic mass is 35.5. The minimum Gasteiger partial charge on any atom is -0.481 e. The van der Waals surface area contributed by atoms with Crippen LogP contribution >= 0.6 is 34.7 Å². The van der Waals surface area contributed by atoms with E-state index in [0.29, 0.717) is 40.0 Å². The van der Waals surface area contributed by atoms with Crippen molar-refractivity contribution in [3.8, 4) is 22.0 Å². The number of aromatic nitrogens is 4. The van der Waals surface area contributed by atoms with E-state index in [-0.39, 0.29) is 6.42 Å². The fraction of sp³-hybridized carbons (Fsp3) is 0.158. The summed E-state index contributed by atoms with van der Waals surface area (Å²) in [6, 6.07) is 11.2. The first-order valence-electron chi connectivity index (χ1n) is 8.62. The average Bonchev–Trinajstić information content (AvgIpc) is 3.45. The number of aliphatic carboxylic acids is 1. The van der Waals surface area contributed by atoms with Crippen molar-refractivity contribution in [2.75, 3.05) is 0 Å². The summed E-state index contributed by atoms with van der Waals surface area (Å²) in [6.07, 6.45) is 1.66. The van der Waals surface area contributed by atoms with Gasteiger partial charge in [-0.2, -0.15) is 0 Å². The molecule has 0 aliphatic rings. The van der Waals surface area contributed by atoms with Gasteiger partial charge < -0.3 is 14.1 Å². The molecule has 0 saturated carbocycles. The van der Waals surface area contributed by atoms with Crippen molar-refractivity contribution in [1.29, 1.82) is 0 Å². The van der Waals surface area contributed by atoms with Crippen molar-refractivity contribution in [3.05, 3.63) is 58.9 Å². The second-order valence-electron chi connectivity index (χ2n) is 5.99. The summed E-state index contributed by atoms with van der Waals surface area (Å²) in [5.74, 6) is 1.45. The largest absolute Gasteiger partial charge is 0.481 e. The lowest BCUT2D eigenvalue weighted by Crippen LogP contribution is -2.07. The number of thiophene rings is 1. The van der Waals surface area contributed by atoms with Gasteiger partial charge in [-0.1, -0.05) is 29.4 Å². The van der Waals surface area contributed by atoms with Crippen LogP contribution in [0.15, 0.2) is 57.5 Å². The van der Waals surface area contributed by atoms with Crippen LogP contribution in [-0.2, 0) is 17.1 Å². The van der Waals surface area contributed by atoms with Crippen LogP contribution in [0.5, 0.6) is 0 Å². The zero-order valence-electron chi connectivity index (χ0n) is 15.0.